The number of benzene rings is 1. The molecule has 0 saturated carbocycles. The van der Waals surface area contributed by atoms with Gasteiger partial charge in [0.25, 0.3) is 0 Å². The summed E-state index contributed by atoms with van der Waals surface area (Å²) >= 11 is 4.98. The number of alkyl carbamates (subject to hydrolysis) is 1. The van der Waals surface area contributed by atoms with Gasteiger partial charge < -0.3 is 10.1 Å². The van der Waals surface area contributed by atoms with Crippen LogP contribution in [0, 0.1) is 0 Å². The first-order chi connectivity index (χ1) is 9.37. The summed E-state index contributed by atoms with van der Waals surface area (Å²) in [7, 11) is 0. The van der Waals surface area contributed by atoms with Gasteiger partial charge in [0.15, 0.2) is 0 Å². The molecule has 2 N–H and O–H groups in total. The number of amides is 1. The van der Waals surface area contributed by atoms with Crippen LogP contribution in [0.15, 0.2) is 33.6 Å². The maximum absolute atomic E-state index is 11.4. The number of nitrogens with one attached hydrogen (secondary N) is 2. The predicted octanol–water partition coefficient (Wildman–Crippen LogP) is 3.96. The molecule has 0 spiro atoms. The molecule has 0 heterocycles. The predicted molar refractivity (Wildman–Crippen MR) is 86.9 cm³/mol. The van der Waals surface area contributed by atoms with Crippen molar-refractivity contribution in [2.75, 3.05) is 13.1 Å². The van der Waals surface area contributed by atoms with Crippen molar-refractivity contribution in [2.24, 2.45) is 0 Å². The van der Waals surface area contributed by atoms with E-state index < -0.39 is 5.60 Å². The number of carbonyl (C=O) groups is 1. The van der Waals surface area contributed by atoms with E-state index in [0.717, 1.165) is 22.3 Å². The van der Waals surface area contributed by atoms with Gasteiger partial charge in [-0.2, -0.15) is 0 Å². The summed E-state index contributed by atoms with van der Waals surface area (Å²) in [4.78, 5) is 12.5. The fourth-order valence-corrected chi connectivity index (χ4v) is 2.25. The zero-order chi connectivity index (χ0) is 15.0. The highest BCUT2D eigenvalue weighted by molar-refractivity contribution is 9.10. The summed E-state index contributed by atoms with van der Waals surface area (Å²) in [6, 6.07) is 8.10. The highest BCUT2D eigenvalue weighted by Gasteiger charge is 2.15. The SMILES string of the molecule is CC(C)(C)OC(=O)NCCCNSc1ccc(Br)cc1. The Kier molecular flexibility index (Phi) is 7.40. The molecule has 0 radical (unpaired) electrons. The molecule has 0 unspecified atom stereocenters. The second kappa shape index (κ2) is 8.54. The van der Waals surface area contributed by atoms with Gasteiger partial charge in [-0.25, -0.2) is 4.79 Å². The molecule has 0 aliphatic rings. The molecule has 1 aromatic carbocycles. The van der Waals surface area contributed by atoms with E-state index in [1.807, 2.05) is 45.0 Å². The lowest BCUT2D eigenvalue weighted by atomic mass is 10.2. The van der Waals surface area contributed by atoms with Gasteiger partial charge in [0, 0.05) is 22.5 Å². The Balaban J connectivity index is 2.05. The smallest absolute Gasteiger partial charge is 0.407 e. The molecule has 0 aromatic heterocycles. The second-order valence-corrected chi connectivity index (χ2v) is 7.11. The van der Waals surface area contributed by atoms with E-state index in [9.17, 15) is 4.79 Å². The molecule has 0 aliphatic carbocycles. The third kappa shape index (κ3) is 8.45. The van der Waals surface area contributed by atoms with Crippen molar-refractivity contribution in [3.05, 3.63) is 28.7 Å². The van der Waals surface area contributed by atoms with E-state index in [-0.39, 0.29) is 6.09 Å². The normalized spacial score (nSPS) is 11.2. The third-order valence-electron chi connectivity index (χ3n) is 2.13. The van der Waals surface area contributed by atoms with Crippen LogP contribution in [-0.2, 0) is 4.74 Å². The first kappa shape index (κ1) is 17.3. The zero-order valence-corrected chi connectivity index (χ0v) is 14.4. The number of hydrogen-bond acceptors (Lipinski definition) is 4. The molecular formula is C14H21BrN2O2S. The Bertz CT molecular complexity index is 418. The van der Waals surface area contributed by atoms with Gasteiger partial charge in [-0.3, -0.25) is 4.72 Å². The van der Waals surface area contributed by atoms with Crippen LogP contribution >= 0.6 is 27.9 Å². The highest BCUT2D eigenvalue weighted by Crippen LogP contribution is 2.17. The molecule has 0 bridgehead atoms. The van der Waals surface area contributed by atoms with Crippen LogP contribution < -0.4 is 10.0 Å². The van der Waals surface area contributed by atoms with Gasteiger partial charge in [0.05, 0.1) is 0 Å². The van der Waals surface area contributed by atoms with E-state index in [2.05, 4.69) is 26.0 Å². The standard InChI is InChI=1S/C14H21BrN2O2S/c1-14(2,3)19-13(18)16-9-4-10-17-20-12-7-5-11(15)6-8-12/h5-8,17H,4,9-10H2,1-3H3,(H,16,18). The Morgan fingerprint density at radius 3 is 2.50 bits per heavy atom. The van der Waals surface area contributed by atoms with Gasteiger partial charge in [-0.1, -0.05) is 15.9 Å². The van der Waals surface area contributed by atoms with E-state index in [0.29, 0.717) is 6.54 Å². The molecule has 1 amide bonds. The molecule has 1 rings (SSSR count). The van der Waals surface area contributed by atoms with E-state index in [1.165, 1.54) is 0 Å². The van der Waals surface area contributed by atoms with Crippen LogP contribution in [-0.4, -0.2) is 24.8 Å². The molecular weight excluding hydrogens is 340 g/mol. The van der Waals surface area contributed by atoms with Crippen LogP contribution in [0.3, 0.4) is 0 Å². The van der Waals surface area contributed by atoms with Crippen molar-refractivity contribution in [3.63, 3.8) is 0 Å². The first-order valence-electron chi connectivity index (χ1n) is 6.49. The fourth-order valence-electron chi connectivity index (χ4n) is 1.30. The van der Waals surface area contributed by atoms with Gasteiger partial charge in [-0.15, -0.1) is 0 Å². The monoisotopic (exact) mass is 360 g/mol. The summed E-state index contributed by atoms with van der Waals surface area (Å²) in [5.74, 6) is 0. The van der Waals surface area contributed by atoms with Crippen molar-refractivity contribution >= 4 is 34.0 Å². The fraction of sp³-hybridized carbons (Fsp3) is 0.500. The summed E-state index contributed by atoms with van der Waals surface area (Å²) in [5.41, 5.74) is -0.445. The van der Waals surface area contributed by atoms with Crippen molar-refractivity contribution in [1.29, 1.82) is 0 Å². The molecule has 6 heteroatoms. The summed E-state index contributed by atoms with van der Waals surface area (Å²) in [5, 5.41) is 2.73. The molecule has 0 aliphatic heterocycles. The lowest BCUT2D eigenvalue weighted by Crippen LogP contribution is -2.33. The third-order valence-corrected chi connectivity index (χ3v) is 3.51. The van der Waals surface area contributed by atoms with E-state index in [4.69, 9.17) is 4.74 Å². The lowest BCUT2D eigenvalue weighted by molar-refractivity contribution is 0.0527. The maximum atomic E-state index is 11.4. The first-order valence-corrected chi connectivity index (χ1v) is 8.10. The summed E-state index contributed by atoms with van der Waals surface area (Å²) < 4.78 is 9.47. The highest BCUT2D eigenvalue weighted by atomic mass is 79.9. The minimum Gasteiger partial charge on any atom is -0.444 e. The molecule has 112 valence electrons. The molecule has 0 saturated heterocycles. The van der Waals surface area contributed by atoms with E-state index in [1.54, 1.807) is 11.9 Å². The minimum atomic E-state index is -0.445. The van der Waals surface area contributed by atoms with Crippen LogP contribution in [0.25, 0.3) is 0 Å². The number of rotatable bonds is 6. The second-order valence-electron chi connectivity index (χ2n) is 5.23. The Labute approximate surface area is 133 Å². The summed E-state index contributed by atoms with van der Waals surface area (Å²) in [6.45, 7) is 6.97. The van der Waals surface area contributed by atoms with Crippen LogP contribution in [0.2, 0.25) is 0 Å². The van der Waals surface area contributed by atoms with E-state index >= 15 is 0 Å². The Morgan fingerprint density at radius 2 is 1.90 bits per heavy atom. The summed E-state index contributed by atoms with van der Waals surface area (Å²) in [6.07, 6.45) is 0.487. The molecule has 1 aromatic rings. The van der Waals surface area contributed by atoms with Gasteiger partial charge in [-0.05, 0) is 63.4 Å². The van der Waals surface area contributed by atoms with Crippen molar-refractivity contribution in [1.82, 2.24) is 10.0 Å². The molecule has 4 nitrogen and oxygen atoms in total. The molecule has 20 heavy (non-hydrogen) atoms. The topological polar surface area (TPSA) is 50.4 Å². The number of hydrogen-bond donors (Lipinski definition) is 2. The van der Waals surface area contributed by atoms with Crippen molar-refractivity contribution in [2.45, 2.75) is 37.7 Å². The van der Waals surface area contributed by atoms with Gasteiger partial charge >= 0.3 is 6.09 Å². The van der Waals surface area contributed by atoms with Gasteiger partial charge in [0.1, 0.15) is 5.60 Å². The van der Waals surface area contributed by atoms with Crippen molar-refractivity contribution in [3.8, 4) is 0 Å². The van der Waals surface area contributed by atoms with Crippen molar-refractivity contribution < 1.29 is 9.53 Å². The number of carbonyl (C=O) groups excluding carboxylic acids is 1. The van der Waals surface area contributed by atoms with Gasteiger partial charge in [0.2, 0.25) is 0 Å². The van der Waals surface area contributed by atoms with Crippen LogP contribution in [0.1, 0.15) is 27.2 Å². The quantitative estimate of drug-likeness (QED) is 0.595. The molecule has 0 fully saturated rings. The number of halogens is 1. The Morgan fingerprint density at radius 1 is 1.25 bits per heavy atom. The average molecular weight is 361 g/mol. The molecule has 0 atom stereocenters. The van der Waals surface area contributed by atoms with Crippen LogP contribution in [0.5, 0.6) is 0 Å². The lowest BCUT2D eigenvalue weighted by Gasteiger charge is -2.19. The zero-order valence-electron chi connectivity index (χ0n) is 12.0. The average Bonchev–Trinajstić information content (AvgIpc) is 2.33. The van der Waals surface area contributed by atoms with Crippen LogP contribution in [0.4, 0.5) is 4.79 Å². The number of ether oxygens (including phenoxy) is 1. The maximum Gasteiger partial charge on any atom is 0.407 e. The largest absolute Gasteiger partial charge is 0.444 e. The minimum absolute atomic E-state index is 0.363. The Hall–Kier alpha value is -0.720.